The lowest BCUT2D eigenvalue weighted by Crippen LogP contribution is -2.31. The first-order valence-electron chi connectivity index (χ1n) is 9.23. The third-order valence-corrected chi connectivity index (χ3v) is 4.96. The highest BCUT2D eigenvalue weighted by molar-refractivity contribution is 5.96. The minimum Gasteiger partial charge on any atom is -0.380 e. The quantitative estimate of drug-likeness (QED) is 0.539. The molecule has 0 aliphatic carbocycles. The molecule has 144 valence electrons. The molecule has 2 aromatic heterocycles. The smallest absolute Gasteiger partial charge is 0.293 e. The minimum absolute atomic E-state index is 0.101. The Morgan fingerprint density at radius 2 is 2.18 bits per heavy atom. The van der Waals surface area contributed by atoms with Crippen LogP contribution in [-0.2, 0) is 0 Å². The van der Waals surface area contributed by atoms with Crippen molar-refractivity contribution < 1.29 is 9.72 Å². The fourth-order valence-electron chi connectivity index (χ4n) is 3.69. The Balaban J connectivity index is 1.67. The van der Waals surface area contributed by atoms with E-state index in [1.54, 1.807) is 17.0 Å². The SMILES string of the molecule is CCNc1ccc(C(=O)N2CCC[C@@H]2c2nnc3ccccn23)cc1[N+](=O)[O-]. The molecule has 0 radical (unpaired) electrons. The lowest BCUT2D eigenvalue weighted by atomic mass is 10.1. The molecule has 1 aromatic carbocycles. The molecule has 28 heavy (non-hydrogen) atoms. The van der Waals surface area contributed by atoms with Crippen molar-refractivity contribution in [3.05, 3.63) is 64.1 Å². The van der Waals surface area contributed by atoms with Crippen LogP contribution < -0.4 is 5.32 Å². The number of amides is 1. The number of hydrogen-bond acceptors (Lipinski definition) is 6. The van der Waals surface area contributed by atoms with Gasteiger partial charge in [-0.2, -0.15) is 0 Å². The molecule has 3 aromatic rings. The number of fused-ring (bicyclic) bond motifs is 1. The van der Waals surface area contributed by atoms with E-state index in [0.29, 0.717) is 30.2 Å². The summed E-state index contributed by atoms with van der Waals surface area (Å²) in [7, 11) is 0. The third-order valence-electron chi connectivity index (χ3n) is 4.96. The molecule has 1 aliphatic rings. The number of nitro benzene ring substituents is 1. The normalized spacial score (nSPS) is 16.5. The maximum Gasteiger partial charge on any atom is 0.293 e. The summed E-state index contributed by atoms with van der Waals surface area (Å²) < 4.78 is 1.88. The highest BCUT2D eigenvalue weighted by Gasteiger charge is 2.34. The van der Waals surface area contributed by atoms with Crippen molar-refractivity contribution in [1.82, 2.24) is 19.5 Å². The van der Waals surface area contributed by atoms with E-state index in [1.807, 2.05) is 35.7 Å². The van der Waals surface area contributed by atoms with Crippen LogP contribution in [0.2, 0.25) is 0 Å². The molecule has 0 spiro atoms. The van der Waals surface area contributed by atoms with E-state index in [1.165, 1.54) is 6.07 Å². The summed E-state index contributed by atoms with van der Waals surface area (Å²) in [4.78, 5) is 25.8. The molecule has 1 saturated heterocycles. The van der Waals surface area contributed by atoms with Gasteiger partial charge in [-0.15, -0.1) is 10.2 Å². The van der Waals surface area contributed by atoms with Crippen molar-refractivity contribution in [2.75, 3.05) is 18.4 Å². The first-order chi connectivity index (χ1) is 13.6. The second-order valence-electron chi connectivity index (χ2n) is 6.66. The van der Waals surface area contributed by atoms with E-state index in [0.717, 1.165) is 18.5 Å². The highest BCUT2D eigenvalue weighted by atomic mass is 16.6. The number of likely N-dealkylation sites (tertiary alicyclic amines) is 1. The van der Waals surface area contributed by atoms with Gasteiger partial charge in [-0.3, -0.25) is 19.3 Å². The monoisotopic (exact) mass is 380 g/mol. The van der Waals surface area contributed by atoms with Crippen LogP contribution in [0.1, 0.15) is 42.0 Å². The summed E-state index contributed by atoms with van der Waals surface area (Å²) in [5.41, 5.74) is 1.33. The van der Waals surface area contributed by atoms with Crippen molar-refractivity contribution in [1.29, 1.82) is 0 Å². The second-order valence-corrected chi connectivity index (χ2v) is 6.66. The Kier molecular flexibility index (Phi) is 4.64. The molecule has 9 nitrogen and oxygen atoms in total. The zero-order chi connectivity index (χ0) is 19.7. The van der Waals surface area contributed by atoms with Crippen molar-refractivity contribution >= 4 is 22.9 Å². The number of pyridine rings is 1. The summed E-state index contributed by atoms with van der Waals surface area (Å²) in [6.45, 7) is 3.00. The Morgan fingerprint density at radius 1 is 1.32 bits per heavy atom. The average molecular weight is 380 g/mol. The molecule has 0 bridgehead atoms. The Morgan fingerprint density at radius 3 is 2.96 bits per heavy atom. The van der Waals surface area contributed by atoms with Gasteiger partial charge in [0.2, 0.25) is 0 Å². The van der Waals surface area contributed by atoms with Crippen molar-refractivity contribution in [3.8, 4) is 0 Å². The number of aromatic nitrogens is 3. The number of nitrogens with zero attached hydrogens (tertiary/aromatic N) is 5. The number of nitro groups is 1. The van der Waals surface area contributed by atoms with E-state index >= 15 is 0 Å². The van der Waals surface area contributed by atoms with Gasteiger partial charge >= 0.3 is 0 Å². The first-order valence-corrected chi connectivity index (χ1v) is 9.23. The van der Waals surface area contributed by atoms with Gasteiger partial charge in [-0.1, -0.05) is 6.07 Å². The van der Waals surface area contributed by atoms with Gasteiger partial charge in [0.1, 0.15) is 5.69 Å². The first kappa shape index (κ1) is 17.9. The number of rotatable bonds is 5. The lowest BCUT2D eigenvalue weighted by molar-refractivity contribution is -0.384. The van der Waals surface area contributed by atoms with Crippen LogP contribution in [0.25, 0.3) is 5.65 Å². The summed E-state index contributed by atoms with van der Waals surface area (Å²) >= 11 is 0. The van der Waals surface area contributed by atoms with Crippen molar-refractivity contribution in [3.63, 3.8) is 0 Å². The lowest BCUT2D eigenvalue weighted by Gasteiger charge is -2.23. The number of anilines is 1. The number of hydrogen-bond donors (Lipinski definition) is 1. The topological polar surface area (TPSA) is 106 Å². The van der Waals surface area contributed by atoms with Gasteiger partial charge in [0.25, 0.3) is 11.6 Å². The number of nitrogens with one attached hydrogen (secondary N) is 1. The van der Waals surface area contributed by atoms with Gasteiger partial charge in [0.15, 0.2) is 11.5 Å². The van der Waals surface area contributed by atoms with E-state index < -0.39 is 4.92 Å². The van der Waals surface area contributed by atoms with E-state index in [2.05, 4.69) is 15.5 Å². The molecular weight excluding hydrogens is 360 g/mol. The van der Waals surface area contributed by atoms with Gasteiger partial charge < -0.3 is 10.2 Å². The van der Waals surface area contributed by atoms with E-state index in [-0.39, 0.29) is 17.6 Å². The fraction of sp³-hybridized carbons (Fsp3) is 0.316. The molecule has 1 N–H and O–H groups in total. The third kappa shape index (κ3) is 3.04. The molecule has 1 aliphatic heterocycles. The van der Waals surface area contributed by atoms with Crippen LogP contribution in [-0.4, -0.2) is 43.4 Å². The molecule has 9 heteroatoms. The van der Waals surface area contributed by atoms with Crippen LogP contribution in [0.3, 0.4) is 0 Å². The zero-order valence-corrected chi connectivity index (χ0v) is 15.4. The van der Waals surface area contributed by atoms with Gasteiger partial charge in [0.05, 0.1) is 11.0 Å². The average Bonchev–Trinajstić information content (AvgIpc) is 3.34. The second kappa shape index (κ2) is 7.26. The van der Waals surface area contributed by atoms with Crippen LogP contribution >= 0.6 is 0 Å². The maximum absolute atomic E-state index is 13.2. The number of benzene rings is 1. The summed E-state index contributed by atoms with van der Waals surface area (Å²) in [6, 6.07) is 9.99. The molecule has 1 fully saturated rings. The molecular formula is C19H20N6O3. The molecule has 1 amide bonds. The predicted molar refractivity (Wildman–Crippen MR) is 103 cm³/mol. The van der Waals surface area contributed by atoms with Crippen LogP contribution in [0.15, 0.2) is 42.6 Å². The van der Waals surface area contributed by atoms with E-state index in [9.17, 15) is 14.9 Å². The predicted octanol–water partition coefficient (Wildman–Crippen LogP) is 3.05. The standard InChI is InChI=1S/C19H20N6O3/c1-2-20-14-9-8-13(12-16(14)25(27)28)19(26)23-11-5-6-15(23)18-22-21-17-7-3-4-10-24(17)18/h3-4,7-10,12,15,20H,2,5-6,11H2,1H3/t15-/m1/s1. The Labute approximate surface area is 161 Å². The zero-order valence-electron chi connectivity index (χ0n) is 15.4. The summed E-state index contributed by atoms with van der Waals surface area (Å²) in [6.07, 6.45) is 3.50. The van der Waals surface area contributed by atoms with E-state index in [4.69, 9.17) is 0 Å². The van der Waals surface area contributed by atoms with Crippen LogP contribution in [0, 0.1) is 10.1 Å². The Bertz CT molecular complexity index is 1050. The minimum atomic E-state index is -0.470. The van der Waals surface area contributed by atoms with Gasteiger partial charge in [-0.05, 0) is 44.0 Å². The molecule has 3 heterocycles. The van der Waals surface area contributed by atoms with Crippen molar-refractivity contribution in [2.24, 2.45) is 0 Å². The van der Waals surface area contributed by atoms with Gasteiger partial charge in [0, 0.05) is 30.9 Å². The Hall–Kier alpha value is -3.49. The molecule has 4 rings (SSSR count). The van der Waals surface area contributed by atoms with Gasteiger partial charge in [-0.25, -0.2) is 0 Å². The summed E-state index contributed by atoms with van der Waals surface area (Å²) in [5.74, 6) is 0.474. The highest BCUT2D eigenvalue weighted by Crippen LogP contribution is 2.33. The number of carbonyl (C=O) groups is 1. The van der Waals surface area contributed by atoms with Crippen LogP contribution in [0.5, 0.6) is 0 Å². The van der Waals surface area contributed by atoms with Crippen molar-refractivity contribution in [2.45, 2.75) is 25.8 Å². The molecule has 0 unspecified atom stereocenters. The summed E-state index contributed by atoms with van der Waals surface area (Å²) in [5, 5.41) is 22.8. The molecule has 1 atom stereocenters. The molecule has 0 saturated carbocycles. The maximum atomic E-state index is 13.2. The largest absolute Gasteiger partial charge is 0.380 e. The number of carbonyl (C=O) groups excluding carboxylic acids is 1. The fourth-order valence-corrected chi connectivity index (χ4v) is 3.69. The van der Waals surface area contributed by atoms with Crippen LogP contribution in [0.4, 0.5) is 11.4 Å².